The van der Waals surface area contributed by atoms with E-state index >= 15 is 0 Å². The molecule has 1 N–H and O–H groups in total. The Kier molecular flexibility index (Phi) is 6.41. The molecule has 1 aliphatic rings. The van der Waals surface area contributed by atoms with Gasteiger partial charge in [-0.25, -0.2) is 18.2 Å². The molecule has 8 nitrogen and oxygen atoms in total. The van der Waals surface area contributed by atoms with Crippen LogP contribution in [-0.4, -0.2) is 38.4 Å². The molecule has 4 rings (SSSR count). The first-order valence-electron chi connectivity index (χ1n) is 10.6. The van der Waals surface area contributed by atoms with Gasteiger partial charge >= 0.3 is 5.97 Å². The van der Waals surface area contributed by atoms with Crippen LogP contribution in [0.4, 0.5) is 11.5 Å². The zero-order valence-electron chi connectivity index (χ0n) is 18.0. The van der Waals surface area contributed by atoms with Crippen molar-refractivity contribution in [3.8, 4) is 0 Å². The number of rotatable bonds is 6. The lowest BCUT2D eigenvalue weighted by atomic mass is 10.0. The number of esters is 1. The lowest BCUT2D eigenvalue weighted by molar-refractivity contribution is 0.0519. The van der Waals surface area contributed by atoms with Crippen molar-refractivity contribution >= 4 is 33.4 Å². The summed E-state index contributed by atoms with van der Waals surface area (Å²) in [5, 5.41) is 2.61. The first kappa shape index (κ1) is 22.5. The molecule has 2 aromatic carbocycles. The number of benzene rings is 2. The smallest absolute Gasteiger partial charge is 0.356 e. The average Bonchev–Trinajstić information content (AvgIpc) is 2.84. The van der Waals surface area contributed by atoms with Crippen molar-refractivity contribution in [2.75, 3.05) is 22.8 Å². The Balaban J connectivity index is 1.51. The second kappa shape index (κ2) is 9.41. The molecule has 0 fully saturated rings. The van der Waals surface area contributed by atoms with E-state index in [1.807, 2.05) is 24.3 Å². The van der Waals surface area contributed by atoms with Gasteiger partial charge < -0.3 is 10.1 Å². The number of nitrogens with zero attached hydrogens (tertiary/aromatic N) is 2. The molecule has 0 unspecified atom stereocenters. The SMILES string of the molecule is CCOC(=O)c1cccc(NC(=O)c2ccc(S(=O)(=O)N3CCCc4ccccc43)cc2)n1. The second-order valence-electron chi connectivity index (χ2n) is 7.42. The Morgan fingerprint density at radius 1 is 1.03 bits per heavy atom. The maximum atomic E-state index is 13.2. The zero-order valence-corrected chi connectivity index (χ0v) is 18.8. The van der Waals surface area contributed by atoms with Crippen LogP contribution in [0.5, 0.6) is 0 Å². The number of pyridine rings is 1. The van der Waals surface area contributed by atoms with Crippen LogP contribution in [0.3, 0.4) is 0 Å². The van der Waals surface area contributed by atoms with E-state index < -0.39 is 21.9 Å². The Morgan fingerprint density at radius 3 is 2.55 bits per heavy atom. The molecule has 0 aliphatic carbocycles. The molecule has 0 radical (unpaired) electrons. The third-order valence-electron chi connectivity index (χ3n) is 5.25. The maximum Gasteiger partial charge on any atom is 0.356 e. The fourth-order valence-corrected chi connectivity index (χ4v) is 5.21. The van der Waals surface area contributed by atoms with Crippen LogP contribution in [-0.2, 0) is 21.2 Å². The molecule has 1 aromatic heterocycles. The van der Waals surface area contributed by atoms with Crippen molar-refractivity contribution in [1.82, 2.24) is 4.98 Å². The summed E-state index contributed by atoms with van der Waals surface area (Å²) in [7, 11) is -3.76. The molecular weight excluding hydrogens is 442 g/mol. The average molecular weight is 466 g/mol. The summed E-state index contributed by atoms with van der Waals surface area (Å²) < 4.78 is 32.8. The van der Waals surface area contributed by atoms with Gasteiger partial charge in [-0.2, -0.15) is 0 Å². The highest BCUT2D eigenvalue weighted by Crippen LogP contribution is 2.31. The molecule has 3 aromatic rings. The van der Waals surface area contributed by atoms with Crippen LogP contribution in [0.1, 0.15) is 39.8 Å². The quantitative estimate of drug-likeness (QED) is 0.557. The number of hydrogen-bond donors (Lipinski definition) is 1. The summed E-state index contributed by atoms with van der Waals surface area (Å²) in [4.78, 5) is 28.6. The number of anilines is 2. The highest BCUT2D eigenvalue weighted by atomic mass is 32.2. The number of carbonyl (C=O) groups excluding carboxylic acids is 2. The Morgan fingerprint density at radius 2 is 1.79 bits per heavy atom. The van der Waals surface area contributed by atoms with E-state index in [-0.39, 0.29) is 28.6 Å². The van der Waals surface area contributed by atoms with Gasteiger partial charge in [-0.15, -0.1) is 0 Å². The summed E-state index contributed by atoms with van der Waals surface area (Å²) in [5.74, 6) is -0.870. The molecule has 170 valence electrons. The molecule has 1 aliphatic heterocycles. The maximum absolute atomic E-state index is 13.2. The fraction of sp³-hybridized carbons (Fsp3) is 0.208. The number of carbonyl (C=O) groups is 2. The summed E-state index contributed by atoms with van der Waals surface area (Å²) in [6, 6.07) is 17.8. The van der Waals surface area contributed by atoms with E-state index in [4.69, 9.17) is 4.74 Å². The van der Waals surface area contributed by atoms with Crippen molar-refractivity contribution in [2.45, 2.75) is 24.7 Å². The number of aryl methyl sites for hydroxylation is 1. The molecule has 2 heterocycles. The van der Waals surface area contributed by atoms with E-state index in [9.17, 15) is 18.0 Å². The standard InChI is InChI=1S/C24H23N3O5S/c1-2-32-24(29)20-9-5-11-22(25-20)26-23(28)18-12-14-19(15-13-18)33(30,31)27-16-6-8-17-7-3-4-10-21(17)27/h3-5,7,9-15H,2,6,8,16H2,1H3,(H,25,26,28). The summed E-state index contributed by atoms with van der Waals surface area (Å²) in [6.07, 6.45) is 1.58. The van der Waals surface area contributed by atoms with Crippen LogP contribution < -0.4 is 9.62 Å². The van der Waals surface area contributed by atoms with Gasteiger partial charge in [-0.3, -0.25) is 9.10 Å². The number of ether oxygens (including phenoxy) is 1. The van der Waals surface area contributed by atoms with Crippen molar-refractivity contribution in [2.24, 2.45) is 0 Å². The van der Waals surface area contributed by atoms with Crippen LogP contribution >= 0.6 is 0 Å². The molecular formula is C24H23N3O5S. The lowest BCUT2D eigenvalue weighted by Gasteiger charge is -2.30. The van der Waals surface area contributed by atoms with E-state index in [2.05, 4.69) is 10.3 Å². The van der Waals surface area contributed by atoms with Crippen LogP contribution in [0, 0.1) is 0 Å². The van der Waals surface area contributed by atoms with E-state index in [0.29, 0.717) is 12.2 Å². The van der Waals surface area contributed by atoms with Crippen molar-refractivity contribution in [3.63, 3.8) is 0 Å². The van der Waals surface area contributed by atoms with Crippen molar-refractivity contribution in [3.05, 3.63) is 83.6 Å². The number of aromatic nitrogens is 1. The van der Waals surface area contributed by atoms with Gasteiger partial charge in [0.2, 0.25) is 0 Å². The molecule has 33 heavy (non-hydrogen) atoms. The highest BCUT2D eigenvalue weighted by molar-refractivity contribution is 7.92. The van der Waals surface area contributed by atoms with Gasteiger partial charge in [0.15, 0.2) is 5.69 Å². The van der Waals surface area contributed by atoms with E-state index in [1.54, 1.807) is 19.1 Å². The predicted molar refractivity (Wildman–Crippen MR) is 124 cm³/mol. The minimum atomic E-state index is -3.76. The summed E-state index contributed by atoms with van der Waals surface area (Å²) in [6.45, 7) is 2.32. The second-order valence-corrected chi connectivity index (χ2v) is 9.28. The summed E-state index contributed by atoms with van der Waals surface area (Å²) >= 11 is 0. The molecule has 1 amide bonds. The van der Waals surface area contributed by atoms with Crippen LogP contribution in [0.15, 0.2) is 71.6 Å². The first-order valence-corrected chi connectivity index (χ1v) is 12.0. The fourth-order valence-electron chi connectivity index (χ4n) is 3.67. The molecule has 0 atom stereocenters. The Bertz CT molecular complexity index is 1290. The highest BCUT2D eigenvalue weighted by Gasteiger charge is 2.29. The summed E-state index contributed by atoms with van der Waals surface area (Å²) in [5.41, 5.74) is 2.04. The molecule has 0 spiro atoms. The Labute approximate surface area is 192 Å². The van der Waals surface area contributed by atoms with E-state index in [0.717, 1.165) is 18.4 Å². The van der Waals surface area contributed by atoms with Crippen LogP contribution in [0.2, 0.25) is 0 Å². The number of sulfonamides is 1. The first-order chi connectivity index (χ1) is 15.9. The van der Waals surface area contributed by atoms with Gasteiger partial charge in [-0.05, 0) is 67.8 Å². The number of fused-ring (bicyclic) bond motifs is 1. The number of hydrogen-bond acceptors (Lipinski definition) is 6. The predicted octanol–water partition coefficient (Wildman–Crippen LogP) is 3.65. The minimum Gasteiger partial charge on any atom is -0.461 e. The molecule has 0 bridgehead atoms. The van der Waals surface area contributed by atoms with Gasteiger partial charge in [-0.1, -0.05) is 24.3 Å². The van der Waals surface area contributed by atoms with Gasteiger partial charge in [0.05, 0.1) is 17.2 Å². The van der Waals surface area contributed by atoms with Crippen molar-refractivity contribution in [1.29, 1.82) is 0 Å². The molecule has 0 saturated carbocycles. The Hall–Kier alpha value is -3.72. The van der Waals surface area contributed by atoms with Gasteiger partial charge in [0, 0.05) is 12.1 Å². The monoisotopic (exact) mass is 465 g/mol. The lowest BCUT2D eigenvalue weighted by Crippen LogP contribution is -2.35. The largest absolute Gasteiger partial charge is 0.461 e. The van der Waals surface area contributed by atoms with Gasteiger partial charge in [0.25, 0.3) is 15.9 Å². The normalized spacial score (nSPS) is 13.2. The van der Waals surface area contributed by atoms with Crippen molar-refractivity contribution < 1.29 is 22.7 Å². The van der Waals surface area contributed by atoms with Crippen LogP contribution in [0.25, 0.3) is 0 Å². The third-order valence-corrected chi connectivity index (χ3v) is 7.07. The number of nitrogens with one attached hydrogen (secondary N) is 1. The number of para-hydroxylation sites is 1. The topological polar surface area (TPSA) is 106 Å². The zero-order chi connectivity index (χ0) is 23.4. The van der Waals surface area contributed by atoms with Gasteiger partial charge in [0.1, 0.15) is 5.82 Å². The minimum absolute atomic E-state index is 0.0814. The van der Waals surface area contributed by atoms with E-state index in [1.165, 1.54) is 34.6 Å². The number of amides is 1. The molecule has 9 heteroatoms. The molecule has 0 saturated heterocycles. The third kappa shape index (κ3) is 4.73.